The fraction of sp³-hybridized carbons (Fsp3) is 0.600. The Kier molecular flexibility index (Phi) is 8.92. The van der Waals surface area contributed by atoms with Crippen LogP contribution in [0.4, 0.5) is 0 Å². The van der Waals surface area contributed by atoms with E-state index >= 15 is 0 Å². The number of hydrogen-bond acceptors (Lipinski definition) is 8. The minimum atomic E-state index is -1.17. The number of hydroxylamine groups is 1. The van der Waals surface area contributed by atoms with Gasteiger partial charge in [-0.15, -0.1) is 0 Å². The summed E-state index contributed by atoms with van der Waals surface area (Å²) < 4.78 is 4.29. The van der Waals surface area contributed by atoms with Gasteiger partial charge in [0, 0.05) is 13.1 Å². The van der Waals surface area contributed by atoms with Crippen molar-refractivity contribution >= 4 is 23.9 Å². The number of carboxylic acids is 1. The molecular weight excluding hydrogens is 260 g/mol. The molecule has 0 aliphatic rings. The number of ether oxygens (including phenoxy) is 1. The number of carboxylic acid groups (broad SMARTS) is 1. The predicted molar refractivity (Wildman–Crippen MR) is 60.4 cm³/mol. The van der Waals surface area contributed by atoms with Crippen LogP contribution in [0.5, 0.6) is 0 Å². The third kappa shape index (κ3) is 10.9. The normalized spacial score (nSPS) is 9.74. The molecule has 0 amide bonds. The van der Waals surface area contributed by atoms with Gasteiger partial charge in [0.1, 0.15) is 0 Å². The minimum absolute atomic E-state index is 0.261. The zero-order valence-corrected chi connectivity index (χ0v) is 10.2. The van der Waals surface area contributed by atoms with Gasteiger partial charge in [-0.1, -0.05) is 0 Å². The Bertz CT molecular complexity index is 343. The van der Waals surface area contributed by atoms with Crippen LogP contribution in [0, 0.1) is 0 Å². The Morgan fingerprint density at radius 1 is 0.947 bits per heavy atom. The van der Waals surface area contributed by atoms with Crippen molar-refractivity contribution in [3.8, 4) is 0 Å². The standard InChI is InChI=1S/C10H16N2O7/c11-5-6-12-19-10(17)4-3-9(16)18-8(15)2-1-7(13)14/h12H,1-6,11H2,(H,13,14). The van der Waals surface area contributed by atoms with Gasteiger partial charge in [-0.2, -0.15) is 5.48 Å². The molecule has 0 aromatic rings. The molecule has 0 saturated heterocycles. The zero-order chi connectivity index (χ0) is 14.7. The summed E-state index contributed by atoms with van der Waals surface area (Å²) in [4.78, 5) is 47.7. The van der Waals surface area contributed by atoms with Crippen molar-refractivity contribution < 1.29 is 33.9 Å². The number of nitrogens with one attached hydrogen (secondary N) is 1. The number of hydrogen-bond donors (Lipinski definition) is 3. The second kappa shape index (κ2) is 9.97. The van der Waals surface area contributed by atoms with E-state index in [2.05, 4.69) is 15.1 Å². The van der Waals surface area contributed by atoms with E-state index < -0.39 is 36.7 Å². The van der Waals surface area contributed by atoms with Crippen molar-refractivity contribution in [2.75, 3.05) is 13.1 Å². The lowest BCUT2D eigenvalue weighted by molar-refractivity contribution is -0.163. The highest BCUT2D eigenvalue weighted by molar-refractivity contribution is 5.88. The molecule has 0 radical (unpaired) electrons. The quantitative estimate of drug-likeness (QED) is 0.202. The average Bonchev–Trinajstić information content (AvgIpc) is 2.34. The smallest absolute Gasteiger partial charge is 0.325 e. The van der Waals surface area contributed by atoms with Gasteiger partial charge >= 0.3 is 23.9 Å². The highest BCUT2D eigenvalue weighted by atomic mass is 16.7. The van der Waals surface area contributed by atoms with Gasteiger partial charge in [-0.3, -0.25) is 19.2 Å². The summed E-state index contributed by atoms with van der Waals surface area (Å²) in [7, 11) is 0. The van der Waals surface area contributed by atoms with Crippen molar-refractivity contribution in [1.29, 1.82) is 0 Å². The van der Waals surface area contributed by atoms with Crippen molar-refractivity contribution in [3.05, 3.63) is 0 Å². The fourth-order valence-electron chi connectivity index (χ4n) is 0.884. The molecule has 4 N–H and O–H groups in total. The molecule has 0 spiro atoms. The number of rotatable bonds is 9. The predicted octanol–water partition coefficient (Wildman–Crippen LogP) is -1.29. The second-order valence-corrected chi connectivity index (χ2v) is 3.40. The number of esters is 2. The van der Waals surface area contributed by atoms with Crippen molar-refractivity contribution in [2.45, 2.75) is 25.7 Å². The molecule has 0 rings (SSSR count). The molecule has 0 aromatic heterocycles. The highest BCUT2D eigenvalue weighted by Gasteiger charge is 2.14. The largest absolute Gasteiger partial charge is 0.481 e. The summed E-state index contributed by atoms with van der Waals surface area (Å²) in [5.74, 6) is -3.71. The van der Waals surface area contributed by atoms with Gasteiger partial charge in [0.2, 0.25) is 0 Å². The molecule has 0 aliphatic heterocycles. The molecule has 108 valence electrons. The van der Waals surface area contributed by atoms with E-state index in [0.717, 1.165) is 0 Å². The minimum Gasteiger partial charge on any atom is -0.481 e. The van der Waals surface area contributed by atoms with Crippen molar-refractivity contribution in [1.82, 2.24) is 5.48 Å². The first-order chi connectivity index (χ1) is 8.95. The van der Waals surface area contributed by atoms with Crippen LogP contribution in [0.3, 0.4) is 0 Å². The maximum absolute atomic E-state index is 11.1. The fourth-order valence-corrected chi connectivity index (χ4v) is 0.884. The van der Waals surface area contributed by atoms with E-state index in [1.54, 1.807) is 0 Å². The van der Waals surface area contributed by atoms with Gasteiger partial charge in [-0.25, -0.2) is 0 Å². The Morgan fingerprint density at radius 3 is 2.00 bits per heavy atom. The molecule has 0 unspecified atom stereocenters. The van der Waals surface area contributed by atoms with Crippen molar-refractivity contribution in [2.24, 2.45) is 5.73 Å². The number of nitrogens with two attached hydrogens (primary N) is 1. The van der Waals surface area contributed by atoms with Gasteiger partial charge in [-0.05, 0) is 0 Å². The van der Waals surface area contributed by atoms with Crippen LogP contribution in [0.15, 0.2) is 0 Å². The molecule has 0 fully saturated rings. The van der Waals surface area contributed by atoms with E-state index in [-0.39, 0.29) is 25.9 Å². The van der Waals surface area contributed by atoms with Crippen LogP contribution in [0.1, 0.15) is 25.7 Å². The number of carbonyl (C=O) groups is 4. The number of aliphatic carboxylic acids is 1. The van der Waals surface area contributed by atoms with Gasteiger partial charge in [0.25, 0.3) is 0 Å². The molecule has 0 bridgehead atoms. The Balaban J connectivity index is 3.71. The van der Waals surface area contributed by atoms with Crippen LogP contribution in [-0.2, 0) is 28.8 Å². The topological polar surface area (TPSA) is 145 Å². The summed E-state index contributed by atoms with van der Waals surface area (Å²) in [6.07, 6.45) is -1.41. The van der Waals surface area contributed by atoms with Crippen LogP contribution >= 0.6 is 0 Å². The monoisotopic (exact) mass is 276 g/mol. The Labute approximate surface area is 109 Å². The summed E-state index contributed by atoms with van der Waals surface area (Å²) in [6, 6.07) is 0. The van der Waals surface area contributed by atoms with Crippen molar-refractivity contribution in [3.63, 3.8) is 0 Å². The van der Waals surface area contributed by atoms with E-state index in [4.69, 9.17) is 10.8 Å². The summed E-state index contributed by atoms with van der Waals surface area (Å²) in [5.41, 5.74) is 7.41. The summed E-state index contributed by atoms with van der Waals surface area (Å²) >= 11 is 0. The maximum Gasteiger partial charge on any atom is 0.325 e. The molecule has 0 aliphatic carbocycles. The molecule has 0 heterocycles. The zero-order valence-electron chi connectivity index (χ0n) is 10.2. The Morgan fingerprint density at radius 2 is 1.47 bits per heavy atom. The third-order valence-corrected chi connectivity index (χ3v) is 1.74. The lowest BCUT2D eigenvalue weighted by Gasteiger charge is -2.04. The molecule has 0 saturated carbocycles. The lowest BCUT2D eigenvalue weighted by atomic mass is 10.3. The first-order valence-corrected chi connectivity index (χ1v) is 5.53. The first-order valence-electron chi connectivity index (χ1n) is 5.53. The van der Waals surface area contributed by atoms with Gasteiger partial charge in [0.15, 0.2) is 0 Å². The molecular formula is C10H16N2O7. The molecule has 9 nitrogen and oxygen atoms in total. The SMILES string of the molecule is NCCNOC(=O)CCC(=O)OC(=O)CCC(=O)O. The van der Waals surface area contributed by atoms with Crippen LogP contribution in [-0.4, -0.2) is 42.1 Å². The average molecular weight is 276 g/mol. The Hall–Kier alpha value is -2.00. The van der Waals surface area contributed by atoms with E-state index in [1.165, 1.54) is 0 Å². The summed E-state index contributed by atoms with van der Waals surface area (Å²) in [6.45, 7) is 0.567. The maximum atomic E-state index is 11.1. The third-order valence-electron chi connectivity index (χ3n) is 1.74. The first kappa shape index (κ1) is 17.0. The number of carbonyl (C=O) groups excluding carboxylic acids is 3. The molecule has 9 heteroatoms. The van der Waals surface area contributed by atoms with Crippen LogP contribution in [0.25, 0.3) is 0 Å². The van der Waals surface area contributed by atoms with E-state index in [0.29, 0.717) is 0 Å². The van der Waals surface area contributed by atoms with Crippen LogP contribution < -0.4 is 11.2 Å². The van der Waals surface area contributed by atoms with Gasteiger partial charge in [0.05, 0.1) is 25.7 Å². The highest BCUT2D eigenvalue weighted by Crippen LogP contribution is 1.99. The molecule has 0 aromatic carbocycles. The van der Waals surface area contributed by atoms with Crippen LogP contribution in [0.2, 0.25) is 0 Å². The second-order valence-electron chi connectivity index (χ2n) is 3.40. The molecule has 0 atom stereocenters. The van der Waals surface area contributed by atoms with Gasteiger partial charge < -0.3 is 20.4 Å². The summed E-state index contributed by atoms with van der Waals surface area (Å²) in [5, 5.41) is 8.31. The lowest BCUT2D eigenvalue weighted by Crippen LogP contribution is -2.26. The van der Waals surface area contributed by atoms with E-state index in [1.807, 2.05) is 0 Å². The molecule has 19 heavy (non-hydrogen) atoms. The van der Waals surface area contributed by atoms with E-state index in [9.17, 15) is 19.2 Å².